The predicted molar refractivity (Wildman–Crippen MR) is 112 cm³/mol. The summed E-state index contributed by atoms with van der Waals surface area (Å²) in [4.78, 5) is 6.87. The van der Waals surface area contributed by atoms with Crippen LogP contribution in [0, 0.1) is 5.92 Å². The van der Waals surface area contributed by atoms with Gasteiger partial charge in [-0.2, -0.15) is 0 Å². The van der Waals surface area contributed by atoms with E-state index < -0.39 is 11.0 Å². The number of hydrogen-bond acceptors (Lipinski definition) is 5. The predicted octanol–water partition coefficient (Wildman–Crippen LogP) is 3.04. The molecule has 1 saturated heterocycles. The van der Waals surface area contributed by atoms with Crippen molar-refractivity contribution in [1.29, 1.82) is 0 Å². The van der Waals surface area contributed by atoms with Crippen LogP contribution in [0.3, 0.4) is 0 Å². The Bertz CT molecular complexity index is 1080. The van der Waals surface area contributed by atoms with E-state index in [9.17, 15) is 10.2 Å². The van der Waals surface area contributed by atoms with Gasteiger partial charge in [-0.3, -0.25) is 9.88 Å². The Morgan fingerprint density at radius 2 is 2.13 bits per heavy atom. The lowest BCUT2D eigenvalue weighted by molar-refractivity contribution is -0.159. The molecule has 0 radical (unpaired) electrons. The van der Waals surface area contributed by atoms with E-state index in [0.717, 1.165) is 48.5 Å². The number of rotatable bonds is 3. The van der Waals surface area contributed by atoms with Crippen LogP contribution in [0.25, 0.3) is 5.57 Å². The Kier molecular flexibility index (Phi) is 3.26. The van der Waals surface area contributed by atoms with Gasteiger partial charge in [0.15, 0.2) is 11.5 Å². The lowest BCUT2D eigenvalue weighted by atomic mass is 9.49. The number of benzene rings is 1. The number of pyridine rings is 1. The highest BCUT2D eigenvalue weighted by Crippen LogP contribution is 2.66. The molecule has 4 atom stereocenters. The fourth-order valence-electron chi connectivity index (χ4n) is 6.91. The van der Waals surface area contributed by atoms with Gasteiger partial charge in [-0.25, -0.2) is 0 Å². The van der Waals surface area contributed by atoms with Gasteiger partial charge < -0.3 is 14.9 Å². The van der Waals surface area contributed by atoms with E-state index in [4.69, 9.17) is 4.74 Å². The second-order valence-electron chi connectivity index (χ2n) is 9.85. The summed E-state index contributed by atoms with van der Waals surface area (Å²) in [5.41, 5.74) is 3.02. The summed E-state index contributed by atoms with van der Waals surface area (Å²) in [7, 11) is 0. The number of ether oxygens (including phenoxy) is 1. The van der Waals surface area contributed by atoms with Crippen molar-refractivity contribution in [2.45, 2.75) is 55.3 Å². The third-order valence-electron chi connectivity index (χ3n) is 8.42. The van der Waals surface area contributed by atoms with Crippen molar-refractivity contribution in [3.8, 4) is 11.5 Å². The van der Waals surface area contributed by atoms with E-state index in [1.165, 1.54) is 18.4 Å². The van der Waals surface area contributed by atoms with Crippen molar-refractivity contribution in [3.63, 3.8) is 0 Å². The maximum atomic E-state index is 12.4. The van der Waals surface area contributed by atoms with E-state index >= 15 is 0 Å². The number of piperidine rings is 1. The maximum Gasteiger partial charge on any atom is 0.166 e. The lowest BCUT2D eigenvalue weighted by Gasteiger charge is -2.62. The van der Waals surface area contributed by atoms with Gasteiger partial charge in [0.25, 0.3) is 0 Å². The van der Waals surface area contributed by atoms with Crippen LogP contribution in [0.5, 0.6) is 11.5 Å². The molecule has 1 spiro atoms. The smallest absolute Gasteiger partial charge is 0.166 e. The molecule has 30 heavy (non-hydrogen) atoms. The van der Waals surface area contributed by atoms with Crippen LogP contribution in [-0.2, 0) is 11.8 Å². The molecule has 1 aromatic heterocycles. The standard InChI is InChI=1S/C25H26N2O3/c28-19-6-5-16-12-20-25(29)8-7-18(17-2-1-10-26-13-17)23-24(25,21(16)22(19)30-23)9-11-27(20)14-15-3-4-15/h1-2,5-7,10,13,15,20,23,28-29H,3-4,8-9,11-12,14H2/t20-,23+,24+,25-/m1/s1. The van der Waals surface area contributed by atoms with Gasteiger partial charge in [0.2, 0.25) is 0 Å². The van der Waals surface area contributed by atoms with E-state index in [1.807, 2.05) is 12.3 Å². The third kappa shape index (κ3) is 1.98. The molecule has 0 unspecified atom stereocenters. The van der Waals surface area contributed by atoms with Crippen LogP contribution >= 0.6 is 0 Å². The summed E-state index contributed by atoms with van der Waals surface area (Å²) in [5, 5.41) is 23.1. The average Bonchev–Trinajstić information content (AvgIpc) is 3.50. The van der Waals surface area contributed by atoms with Gasteiger partial charge in [0.1, 0.15) is 6.10 Å². The molecular weight excluding hydrogens is 376 g/mol. The molecule has 2 N–H and O–H groups in total. The summed E-state index contributed by atoms with van der Waals surface area (Å²) >= 11 is 0. The maximum absolute atomic E-state index is 12.4. The first kappa shape index (κ1) is 17.3. The molecule has 7 rings (SSSR count). The number of aromatic hydroxyl groups is 1. The number of aliphatic hydroxyl groups is 1. The van der Waals surface area contributed by atoms with Crippen molar-refractivity contribution in [1.82, 2.24) is 9.88 Å². The molecule has 2 fully saturated rings. The third-order valence-corrected chi connectivity index (χ3v) is 8.42. The van der Waals surface area contributed by atoms with Gasteiger partial charge in [0.05, 0.1) is 11.0 Å². The van der Waals surface area contributed by atoms with E-state index in [1.54, 1.807) is 12.3 Å². The first-order valence-electron chi connectivity index (χ1n) is 11.2. The Morgan fingerprint density at radius 3 is 2.93 bits per heavy atom. The fourth-order valence-corrected chi connectivity index (χ4v) is 6.91. The number of phenolic OH excluding ortho intramolecular Hbond substituents is 1. The highest BCUT2D eigenvalue weighted by molar-refractivity contribution is 5.78. The summed E-state index contributed by atoms with van der Waals surface area (Å²) in [6.07, 6.45) is 10.4. The van der Waals surface area contributed by atoms with E-state index in [2.05, 4.69) is 28.1 Å². The summed E-state index contributed by atoms with van der Waals surface area (Å²) in [6, 6.07) is 7.92. The normalized spacial score (nSPS) is 36.1. The zero-order valence-electron chi connectivity index (χ0n) is 16.9. The number of hydrogen-bond donors (Lipinski definition) is 2. The van der Waals surface area contributed by atoms with Crippen molar-refractivity contribution in [2.24, 2.45) is 5.92 Å². The van der Waals surface area contributed by atoms with Crippen LogP contribution in [-0.4, -0.2) is 50.9 Å². The molecule has 1 saturated carbocycles. The van der Waals surface area contributed by atoms with Crippen molar-refractivity contribution in [3.05, 3.63) is 59.4 Å². The molecule has 2 aliphatic heterocycles. The molecule has 2 bridgehead atoms. The quantitative estimate of drug-likeness (QED) is 0.826. The molecular formula is C25H26N2O3. The minimum absolute atomic E-state index is 0.0904. The van der Waals surface area contributed by atoms with Gasteiger partial charge >= 0.3 is 0 Å². The molecule has 1 aromatic carbocycles. The molecule has 5 aliphatic rings. The van der Waals surface area contributed by atoms with Crippen molar-refractivity contribution in [2.75, 3.05) is 13.1 Å². The van der Waals surface area contributed by atoms with E-state index in [-0.39, 0.29) is 17.9 Å². The average molecular weight is 402 g/mol. The SMILES string of the molecule is Oc1ccc2c3c1O[C@H]1C(c4cccnc4)=CC[C@@]4(O)[C@@H](C2)N(CC2CC2)CC[C@]314. The van der Waals surface area contributed by atoms with Crippen LogP contribution in [0.1, 0.15) is 42.4 Å². The van der Waals surface area contributed by atoms with Crippen LogP contribution in [0.15, 0.2) is 42.7 Å². The number of phenols is 1. The first-order valence-corrected chi connectivity index (χ1v) is 11.2. The van der Waals surface area contributed by atoms with E-state index in [0.29, 0.717) is 12.2 Å². The zero-order chi connectivity index (χ0) is 20.1. The Morgan fingerprint density at radius 1 is 1.23 bits per heavy atom. The number of aromatic nitrogens is 1. The largest absolute Gasteiger partial charge is 0.504 e. The number of likely N-dealkylation sites (tertiary alicyclic amines) is 1. The molecule has 3 aliphatic carbocycles. The second kappa shape index (κ2) is 5.65. The lowest BCUT2D eigenvalue weighted by Crippen LogP contribution is -2.74. The van der Waals surface area contributed by atoms with Crippen molar-refractivity contribution < 1.29 is 14.9 Å². The molecule has 5 heteroatoms. The highest BCUT2D eigenvalue weighted by Gasteiger charge is 2.71. The second-order valence-corrected chi connectivity index (χ2v) is 9.85. The monoisotopic (exact) mass is 402 g/mol. The van der Waals surface area contributed by atoms with Gasteiger partial charge in [-0.15, -0.1) is 0 Å². The minimum atomic E-state index is -0.886. The molecule has 3 heterocycles. The van der Waals surface area contributed by atoms with Crippen molar-refractivity contribution >= 4 is 5.57 Å². The molecule has 154 valence electrons. The summed E-state index contributed by atoms with van der Waals surface area (Å²) < 4.78 is 6.55. The minimum Gasteiger partial charge on any atom is -0.504 e. The Balaban J connectivity index is 1.45. The van der Waals surface area contributed by atoms with Crippen LogP contribution < -0.4 is 4.74 Å². The van der Waals surface area contributed by atoms with Gasteiger partial charge in [-0.1, -0.05) is 18.2 Å². The molecule has 5 nitrogen and oxygen atoms in total. The summed E-state index contributed by atoms with van der Waals surface area (Å²) in [5.74, 6) is 1.56. The zero-order valence-corrected chi connectivity index (χ0v) is 16.9. The highest BCUT2D eigenvalue weighted by atomic mass is 16.5. The van der Waals surface area contributed by atoms with Crippen LogP contribution in [0.2, 0.25) is 0 Å². The Hall–Kier alpha value is -2.37. The summed E-state index contributed by atoms with van der Waals surface area (Å²) in [6.45, 7) is 2.06. The molecule has 2 aromatic rings. The first-order chi connectivity index (χ1) is 14.6. The fraction of sp³-hybridized carbons (Fsp3) is 0.480. The van der Waals surface area contributed by atoms with Gasteiger partial charge in [0, 0.05) is 30.5 Å². The van der Waals surface area contributed by atoms with Gasteiger partial charge in [-0.05, 0) is 73.4 Å². The van der Waals surface area contributed by atoms with Crippen LogP contribution in [0.4, 0.5) is 0 Å². The number of nitrogens with zero attached hydrogens (tertiary/aromatic N) is 2. The Labute approximate surface area is 176 Å². The topological polar surface area (TPSA) is 65.8 Å². The molecule has 0 amide bonds.